The van der Waals surface area contributed by atoms with Crippen LogP contribution in [-0.2, 0) is 4.74 Å². The van der Waals surface area contributed by atoms with Crippen LogP contribution in [0.4, 0.5) is 10.2 Å². The first-order valence-corrected chi connectivity index (χ1v) is 7.31. The Hall–Kier alpha value is -2.41. The van der Waals surface area contributed by atoms with Gasteiger partial charge in [-0.3, -0.25) is 4.57 Å². The van der Waals surface area contributed by atoms with E-state index in [-0.39, 0.29) is 11.8 Å². The summed E-state index contributed by atoms with van der Waals surface area (Å²) in [6, 6.07) is 0. The molecule has 24 heavy (non-hydrogen) atoms. The van der Waals surface area contributed by atoms with Gasteiger partial charge in [-0.25, -0.2) is 9.37 Å². The van der Waals surface area contributed by atoms with Crippen LogP contribution in [0.2, 0.25) is 0 Å². The Morgan fingerprint density at radius 3 is 2.96 bits per heavy atom. The van der Waals surface area contributed by atoms with Gasteiger partial charge in [-0.15, -0.1) is 5.92 Å². The normalized spacial score (nSPS) is 33.1. The first-order valence-electron chi connectivity index (χ1n) is 7.31. The van der Waals surface area contributed by atoms with Crippen LogP contribution < -0.4 is 11.1 Å². The molecule has 9 heteroatoms. The van der Waals surface area contributed by atoms with Gasteiger partial charge in [0, 0.05) is 0 Å². The zero-order valence-electron chi connectivity index (χ0n) is 13.2. The molecule has 1 aromatic heterocycles. The summed E-state index contributed by atoms with van der Waals surface area (Å²) < 4.78 is 22.3. The molecule has 0 amide bonds. The van der Waals surface area contributed by atoms with Crippen molar-refractivity contribution in [2.45, 2.75) is 44.1 Å². The van der Waals surface area contributed by atoms with Gasteiger partial charge in [0.2, 0.25) is 5.67 Å². The fourth-order valence-electron chi connectivity index (χ4n) is 2.89. The number of aliphatic imine (C=N–C) groups is 1. The minimum atomic E-state index is -2.44. The molecule has 0 spiro atoms. The van der Waals surface area contributed by atoms with Gasteiger partial charge in [-0.2, -0.15) is 4.99 Å². The molecule has 0 saturated carbocycles. The van der Waals surface area contributed by atoms with Crippen LogP contribution in [0.25, 0.3) is 5.70 Å². The van der Waals surface area contributed by atoms with E-state index in [4.69, 9.17) is 10.5 Å². The van der Waals surface area contributed by atoms with E-state index in [1.54, 1.807) is 0 Å². The van der Waals surface area contributed by atoms with E-state index >= 15 is 4.39 Å². The second-order valence-electron chi connectivity index (χ2n) is 5.71. The number of hydrogen-bond acceptors (Lipinski definition) is 7. The monoisotopic (exact) mass is 335 g/mol. The fraction of sp³-hybridized carbons (Fsp3) is 0.467. The van der Waals surface area contributed by atoms with Crippen LogP contribution in [0, 0.1) is 11.8 Å². The molecule has 3 heterocycles. The summed E-state index contributed by atoms with van der Waals surface area (Å²) in [5.74, 6) is 5.12. The maximum Gasteiger partial charge on any atom is 0.243 e. The van der Waals surface area contributed by atoms with Gasteiger partial charge in [0.15, 0.2) is 18.0 Å². The zero-order valence-corrected chi connectivity index (χ0v) is 13.2. The van der Waals surface area contributed by atoms with Gasteiger partial charge >= 0.3 is 0 Å². The van der Waals surface area contributed by atoms with Crippen molar-refractivity contribution in [3.05, 3.63) is 18.6 Å². The third-order valence-electron chi connectivity index (χ3n) is 3.99. The van der Waals surface area contributed by atoms with Gasteiger partial charge in [0.25, 0.3) is 0 Å². The lowest BCUT2D eigenvalue weighted by molar-refractivity contribution is -0.0782. The molecule has 8 nitrogen and oxygen atoms in total. The molecule has 2 aliphatic heterocycles. The summed E-state index contributed by atoms with van der Waals surface area (Å²) in [5.41, 5.74) is 4.03. The quantitative estimate of drug-likeness (QED) is 0.555. The molecule has 5 atom stereocenters. The van der Waals surface area contributed by atoms with Crippen LogP contribution in [0.3, 0.4) is 0 Å². The number of aliphatic hydroxyl groups is 2. The number of aromatic nitrogens is 2. The van der Waals surface area contributed by atoms with E-state index in [1.165, 1.54) is 24.7 Å². The second-order valence-corrected chi connectivity index (χ2v) is 5.71. The summed E-state index contributed by atoms with van der Waals surface area (Å²) >= 11 is 0. The van der Waals surface area contributed by atoms with E-state index in [0.717, 1.165) is 0 Å². The number of ether oxygens (including phenoxy) is 1. The Kier molecular flexibility index (Phi) is 3.83. The number of fused-ring (bicyclic) bond motifs is 1. The summed E-state index contributed by atoms with van der Waals surface area (Å²) in [7, 11) is 0. The smallest absolute Gasteiger partial charge is 0.243 e. The molecule has 1 aromatic rings. The minimum absolute atomic E-state index is 0.0749. The van der Waals surface area contributed by atoms with Crippen LogP contribution in [-0.4, -0.2) is 49.7 Å². The van der Waals surface area contributed by atoms with Crippen LogP contribution in [0.1, 0.15) is 25.8 Å². The Bertz CT molecular complexity index is 778. The number of hydrogen-bond donors (Lipinski definition) is 4. The highest BCUT2D eigenvalue weighted by Crippen LogP contribution is 2.45. The molecular weight excluding hydrogens is 317 g/mol. The number of rotatable bonds is 2. The van der Waals surface area contributed by atoms with E-state index in [1.807, 2.05) is 0 Å². The van der Waals surface area contributed by atoms with Crippen molar-refractivity contribution in [1.29, 1.82) is 0 Å². The number of guanidine groups is 1. The molecular formula is C15H18FN5O3. The van der Waals surface area contributed by atoms with Gasteiger partial charge in [0.1, 0.15) is 17.9 Å². The molecule has 2 unspecified atom stereocenters. The molecule has 1 saturated heterocycles. The van der Waals surface area contributed by atoms with Gasteiger partial charge < -0.3 is 26.0 Å². The van der Waals surface area contributed by atoms with Gasteiger partial charge in [-0.1, -0.05) is 12.5 Å². The standard InChI is InChI=1S/C15H18FN5O3/c1-4-5-15(16)11(23)10(8(3)22)24-13(15)21-6-18-9-7(2)19-14(17)20-12(9)21/h6,8,10-11,13,22-23H,2H2,1,3H3,(H3,17,19,20)/t8-,10?,11?,13+,15+/m0/s1. The summed E-state index contributed by atoms with van der Waals surface area (Å²) in [6.07, 6.45) is -3.92. The SMILES string of the molecule is C=C1NC(N)=Nc2c1ncn2[C@@H]1OC([C@H](C)O)C(O)[C@]1(F)C#CC. The lowest BCUT2D eigenvalue weighted by Crippen LogP contribution is -2.44. The average molecular weight is 335 g/mol. The number of alkyl halides is 1. The molecule has 2 aliphatic rings. The topological polar surface area (TPSA) is 118 Å². The molecule has 128 valence electrons. The van der Waals surface area contributed by atoms with Gasteiger partial charge in [-0.05, 0) is 13.8 Å². The lowest BCUT2D eigenvalue weighted by Gasteiger charge is -2.25. The Balaban J connectivity index is 2.12. The summed E-state index contributed by atoms with van der Waals surface area (Å²) in [4.78, 5) is 8.24. The number of imidazole rings is 1. The summed E-state index contributed by atoms with van der Waals surface area (Å²) in [5, 5.41) is 22.8. The fourth-order valence-corrected chi connectivity index (χ4v) is 2.89. The highest BCUT2D eigenvalue weighted by Gasteiger charge is 2.59. The van der Waals surface area contributed by atoms with Crippen molar-refractivity contribution in [3.63, 3.8) is 0 Å². The second kappa shape index (κ2) is 5.59. The third-order valence-corrected chi connectivity index (χ3v) is 3.99. The van der Waals surface area contributed by atoms with Crippen molar-refractivity contribution in [2.75, 3.05) is 0 Å². The molecule has 5 N–H and O–H groups in total. The van der Waals surface area contributed by atoms with E-state index in [0.29, 0.717) is 11.4 Å². The molecule has 0 bridgehead atoms. The molecule has 1 fully saturated rings. The maximum absolute atomic E-state index is 15.5. The highest BCUT2D eigenvalue weighted by molar-refractivity contribution is 5.93. The first kappa shape index (κ1) is 16.4. The minimum Gasteiger partial charge on any atom is -0.391 e. The number of nitrogens with one attached hydrogen (secondary N) is 1. The predicted molar refractivity (Wildman–Crippen MR) is 84.6 cm³/mol. The third kappa shape index (κ3) is 2.27. The number of aliphatic hydroxyl groups excluding tert-OH is 2. The maximum atomic E-state index is 15.5. The Morgan fingerprint density at radius 1 is 1.62 bits per heavy atom. The van der Waals surface area contributed by atoms with Crippen LogP contribution >= 0.6 is 0 Å². The zero-order chi connectivity index (χ0) is 17.6. The predicted octanol–water partition coefficient (Wildman–Crippen LogP) is -0.226. The molecule has 0 radical (unpaired) electrons. The van der Waals surface area contributed by atoms with Crippen LogP contribution in [0.5, 0.6) is 0 Å². The highest BCUT2D eigenvalue weighted by atomic mass is 19.1. The molecule has 0 aliphatic carbocycles. The summed E-state index contributed by atoms with van der Waals surface area (Å²) in [6.45, 7) is 6.63. The van der Waals surface area contributed by atoms with Crippen molar-refractivity contribution < 1.29 is 19.3 Å². The van der Waals surface area contributed by atoms with Crippen molar-refractivity contribution in [2.24, 2.45) is 10.7 Å². The van der Waals surface area contributed by atoms with Crippen molar-refractivity contribution >= 4 is 17.5 Å². The Labute approximate surface area is 137 Å². The molecule has 0 aromatic carbocycles. The lowest BCUT2D eigenvalue weighted by atomic mass is 9.94. The largest absolute Gasteiger partial charge is 0.391 e. The first-order chi connectivity index (χ1) is 11.3. The van der Waals surface area contributed by atoms with E-state index in [9.17, 15) is 10.2 Å². The van der Waals surface area contributed by atoms with Crippen molar-refractivity contribution in [3.8, 4) is 11.8 Å². The number of halogens is 1. The van der Waals surface area contributed by atoms with Crippen molar-refractivity contribution in [1.82, 2.24) is 14.9 Å². The van der Waals surface area contributed by atoms with E-state index < -0.39 is 30.2 Å². The average Bonchev–Trinajstić information content (AvgIpc) is 3.00. The molecule has 3 rings (SSSR count). The van der Waals surface area contributed by atoms with E-state index in [2.05, 4.69) is 33.7 Å². The number of nitrogens with zero attached hydrogens (tertiary/aromatic N) is 3. The van der Waals surface area contributed by atoms with Gasteiger partial charge in [0.05, 0.1) is 18.1 Å². The van der Waals surface area contributed by atoms with Crippen LogP contribution in [0.15, 0.2) is 17.9 Å². The number of nitrogens with two attached hydrogens (primary N) is 1. The Morgan fingerprint density at radius 2 is 2.33 bits per heavy atom.